The number of hydrogen-bond donors (Lipinski definition) is 1. The summed E-state index contributed by atoms with van der Waals surface area (Å²) in [6.07, 6.45) is -2.61. The van der Waals surface area contributed by atoms with Crippen LogP contribution >= 0.6 is 0 Å². The van der Waals surface area contributed by atoms with Crippen molar-refractivity contribution in [1.29, 1.82) is 0 Å². The van der Waals surface area contributed by atoms with E-state index in [-0.39, 0.29) is 12.6 Å². The van der Waals surface area contributed by atoms with E-state index in [1.807, 2.05) is 0 Å². The van der Waals surface area contributed by atoms with Gasteiger partial charge < -0.3 is 10.2 Å². The van der Waals surface area contributed by atoms with Crippen LogP contribution in [0.3, 0.4) is 0 Å². The monoisotopic (exact) mass is 262 g/mol. The highest BCUT2D eigenvalue weighted by Gasteiger charge is 2.42. The molecule has 1 aromatic heterocycles. The lowest BCUT2D eigenvalue weighted by molar-refractivity contribution is -0.153. The summed E-state index contributed by atoms with van der Waals surface area (Å²) < 4.78 is 43.2. The second-order valence-corrected chi connectivity index (χ2v) is 4.72. The summed E-state index contributed by atoms with van der Waals surface area (Å²) in [6.45, 7) is 0.959. The zero-order valence-electron chi connectivity index (χ0n) is 10.2. The first-order valence-electron chi connectivity index (χ1n) is 5.99. The highest BCUT2D eigenvalue weighted by Crippen LogP contribution is 2.36. The van der Waals surface area contributed by atoms with Crippen LogP contribution in [0.15, 0.2) is 16.5 Å². The third-order valence-corrected chi connectivity index (χ3v) is 3.09. The molecule has 6 heteroatoms. The summed E-state index contributed by atoms with van der Waals surface area (Å²) in [7, 11) is 0. The molecule has 1 aliphatic rings. The van der Waals surface area contributed by atoms with Crippen molar-refractivity contribution < 1.29 is 17.6 Å². The van der Waals surface area contributed by atoms with E-state index in [0.29, 0.717) is 11.5 Å². The lowest BCUT2D eigenvalue weighted by Gasteiger charge is -2.30. The molecule has 0 saturated heterocycles. The van der Waals surface area contributed by atoms with Crippen LogP contribution in [0, 0.1) is 6.92 Å². The molecule has 1 heterocycles. The van der Waals surface area contributed by atoms with Crippen LogP contribution in [-0.2, 0) is 0 Å². The number of nitrogens with zero attached hydrogens (tertiary/aromatic N) is 1. The Kier molecular flexibility index (Phi) is 3.68. The Hall–Kier alpha value is -1.01. The lowest BCUT2D eigenvalue weighted by Crippen LogP contribution is -2.41. The van der Waals surface area contributed by atoms with Crippen molar-refractivity contribution in [3.05, 3.63) is 23.7 Å². The maximum Gasteiger partial charge on any atom is 0.401 e. The third-order valence-electron chi connectivity index (χ3n) is 3.09. The van der Waals surface area contributed by atoms with Crippen LogP contribution in [0.25, 0.3) is 0 Å². The highest BCUT2D eigenvalue weighted by atomic mass is 19.4. The van der Waals surface area contributed by atoms with Crippen LogP contribution in [0.2, 0.25) is 0 Å². The van der Waals surface area contributed by atoms with E-state index in [4.69, 9.17) is 10.2 Å². The fourth-order valence-electron chi connectivity index (χ4n) is 2.15. The Morgan fingerprint density at radius 1 is 1.44 bits per heavy atom. The molecule has 102 valence electrons. The SMILES string of the molecule is Cc1ccc(C(CN)N(CC(F)(F)F)C2CC2)o1. The molecule has 1 atom stereocenters. The van der Waals surface area contributed by atoms with Crippen LogP contribution in [-0.4, -0.2) is 30.2 Å². The molecule has 2 rings (SSSR count). The van der Waals surface area contributed by atoms with Crippen LogP contribution in [0.5, 0.6) is 0 Å². The van der Waals surface area contributed by atoms with Crippen LogP contribution in [0.4, 0.5) is 13.2 Å². The van der Waals surface area contributed by atoms with Gasteiger partial charge >= 0.3 is 6.18 Å². The molecule has 0 bridgehead atoms. The molecule has 0 aromatic carbocycles. The minimum Gasteiger partial charge on any atom is -0.465 e. The average molecular weight is 262 g/mol. The topological polar surface area (TPSA) is 42.4 Å². The van der Waals surface area contributed by atoms with Crippen molar-refractivity contribution in [3.8, 4) is 0 Å². The van der Waals surface area contributed by atoms with Gasteiger partial charge in [-0.2, -0.15) is 13.2 Å². The number of rotatable bonds is 5. The lowest BCUT2D eigenvalue weighted by atomic mass is 10.2. The number of aryl methyl sites for hydroxylation is 1. The van der Waals surface area contributed by atoms with Gasteiger partial charge in [0.25, 0.3) is 0 Å². The van der Waals surface area contributed by atoms with Crippen molar-refractivity contribution in [2.45, 2.75) is 38.0 Å². The molecule has 1 unspecified atom stereocenters. The third kappa shape index (κ3) is 3.26. The summed E-state index contributed by atoms with van der Waals surface area (Å²) >= 11 is 0. The molecule has 0 radical (unpaired) electrons. The molecule has 0 aliphatic heterocycles. The van der Waals surface area contributed by atoms with Gasteiger partial charge in [-0.25, -0.2) is 0 Å². The molecule has 0 spiro atoms. The van der Waals surface area contributed by atoms with Gasteiger partial charge in [0.15, 0.2) is 0 Å². The zero-order valence-corrected chi connectivity index (χ0v) is 10.2. The Morgan fingerprint density at radius 3 is 2.50 bits per heavy atom. The fraction of sp³-hybridized carbons (Fsp3) is 0.667. The second-order valence-electron chi connectivity index (χ2n) is 4.72. The Balaban J connectivity index is 2.17. The van der Waals surface area contributed by atoms with E-state index >= 15 is 0 Å². The van der Waals surface area contributed by atoms with E-state index in [0.717, 1.165) is 12.8 Å². The molecule has 0 amide bonds. The predicted octanol–water partition coefficient (Wildman–Crippen LogP) is 2.61. The number of halogens is 3. The number of nitrogens with two attached hydrogens (primary N) is 1. The first-order chi connectivity index (χ1) is 8.40. The van der Waals surface area contributed by atoms with Gasteiger partial charge in [0, 0.05) is 12.6 Å². The molecule has 3 nitrogen and oxygen atoms in total. The largest absolute Gasteiger partial charge is 0.465 e. The summed E-state index contributed by atoms with van der Waals surface area (Å²) in [5.41, 5.74) is 5.63. The quantitative estimate of drug-likeness (QED) is 0.887. The molecule has 2 N–H and O–H groups in total. The number of furan rings is 1. The van der Waals surface area contributed by atoms with E-state index in [9.17, 15) is 13.2 Å². The van der Waals surface area contributed by atoms with Gasteiger partial charge in [0.1, 0.15) is 11.5 Å². The highest BCUT2D eigenvalue weighted by molar-refractivity contribution is 5.11. The molecular weight excluding hydrogens is 245 g/mol. The van der Waals surface area contributed by atoms with Crippen molar-refractivity contribution in [1.82, 2.24) is 4.90 Å². The van der Waals surface area contributed by atoms with E-state index in [2.05, 4.69) is 0 Å². The molecule has 1 fully saturated rings. The smallest absolute Gasteiger partial charge is 0.401 e. The second kappa shape index (κ2) is 4.93. The summed E-state index contributed by atoms with van der Waals surface area (Å²) in [6, 6.07) is 2.94. The number of hydrogen-bond acceptors (Lipinski definition) is 3. The molecular formula is C12H17F3N2O. The Bertz CT molecular complexity index is 398. The maximum atomic E-state index is 12.6. The first-order valence-corrected chi connectivity index (χ1v) is 5.99. The van der Waals surface area contributed by atoms with Gasteiger partial charge in [-0.3, -0.25) is 4.90 Å². The number of alkyl halides is 3. The molecule has 18 heavy (non-hydrogen) atoms. The minimum atomic E-state index is -4.21. The van der Waals surface area contributed by atoms with Gasteiger partial charge in [0.2, 0.25) is 0 Å². The molecule has 1 aliphatic carbocycles. The zero-order chi connectivity index (χ0) is 13.3. The summed E-state index contributed by atoms with van der Waals surface area (Å²) in [4.78, 5) is 1.41. The van der Waals surface area contributed by atoms with E-state index in [1.165, 1.54) is 4.90 Å². The summed E-state index contributed by atoms with van der Waals surface area (Å²) in [5, 5.41) is 0. The molecule has 1 aromatic rings. The summed E-state index contributed by atoms with van der Waals surface area (Å²) in [5.74, 6) is 1.21. The van der Waals surface area contributed by atoms with Crippen molar-refractivity contribution in [2.75, 3.05) is 13.1 Å². The van der Waals surface area contributed by atoms with Crippen molar-refractivity contribution in [2.24, 2.45) is 5.73 Å². The van der Waals surface area contributed by atoms with Crippen molar-refractivity contribution in [3.63, 3.8) is 0 Å². The van der Waals surface area contributed by atoms with Gasteiger partial charge in [-0.05, 0) is 31.9 Å². The van der Waals surface area contributed by atoms with E-state index < -0.39 is 18.8 Å². The van der Waals surface area contributed by atoms with E-state index in [1.54, 1.807) is 19.1 Å². The average Bonchev–Trinajstić information content (AvgIpc) is 3.01. The van der Waals surface area contributed by atoms with Crippen LogP contribution in [0.1, 0.15) is 30.4 Å². The first kappa shape index (κ1) is 13.4. The fourth-order valence-corrected chi connectivity index (χ4v) is 2.15. The van der Waals surface area contributed by atoms with Gasteiger partial charge in [0.05, 0.1) is 12.6 Å². The van der Waals surface area contributed by atoms with Crippen molar-refractivity contribution >= 4 is 0 Å². The van der Waals surface area contributed by atoms with Gasteiger partial charge in [-0.15, -0.1) is 0 Å². The standard InChI is InChI=1S/C12H17F3N2O/c1-8-2-5-11(18-8)10(6-16)17(9-3-4-9)7-12(13,14)15/h2,5,9-10H,3-4,6-7,16H2,1H3. The maximum absolute atomic E-state index is 12.6. The Morgan fingerprint density at radius 2 is 2.11 bits per heavy atom. The predicted molar refractivity (Wildman–Crippen MR) is 61.0 cm³/mol. The normalized spacial score (nSPS) is 18.3. The Labute approximate surface area is 104 Å². The minimum absolute atomic E-state index is 0.0226. The molecule has 1 saturated carbocycles. The van der Waals surface area contributed by atoms with Crippen LogP contribution < -0.4 is 5.73 Å². The van der Waals surface area contributed by atoms with Gasteiger partial charge in [-0.1, -0.05) is 0 Å².